The number of ether oxygens (including phenoxy) is 1. The van der Waals surface area contributed by atoms with Gasteiger partial charge in [0, 0.05) is 0 Å². The van der Waals surface area contributed by atoms with Gasteiger partial charge in [-0.2, -0.15) is 0 Å². The van der Waals surface area contributed by atoms with Gasteiger partial charge in [0.25, 0.3) is 0 Å². The normalized spacial score (nSPS) is 21.1. The minimum atomic E-state index is 0.108. The van der Waals surface area contributed by atoms with Crippen molar-refractivity contribution in [2.45, 2.75) is 18.9 Å². The van der Waals surface area contributed by atoms with Crippen LogP contribution in [0.3, 0.4) is 0 Å². The Kier molecular flexibility index (Phi) is 2.21. The molecule has 1 aromatic rings. The summed E-state index contributed by atoms with van der Waals surface area (Å²) in [6.07, 6.45) is 5.88. The van der Waals surface area contributed by atoms with E-state index in [4.69, 9.17) is 4.74 Å². The topological polar surface area (TPSA) is 29.5 Å². The van der Waals surface area contributed by atoms with Crippen molar-refractivity contribution in [2.24, 2.45) is 0 Å². The molecule has 2 heteroatoms. The summed E-state index contributed by atoms with van der Waals surface area (Å²) >= 11 is 0. The maximum Gasteiger partial charge on any atom is 0.123 e. The van der Waals surface area contributed by atoms with Crippen molar-refractivity contribution in [3.8, 4) is 5.75 Å². The molecule has 13 heavy (non-hydrogen) atoms. The fourth-order valence-corrected chi connectivity index (χ4v) is 1.50. The molecular weight excluding hydrogens is 164 g/mol. The van der Waals surface area contributed by atoms with Crippen LogP contribution in [0.2, 0.25) is 0 Å². The standard InChI is InChI=1S/C11H12O2/c12-10-5-3-4-9(8-10)11-6-1-2-7-13-11/h2-5,7-8,11-12H,1,6H2. The summed E-state index contributed by atoms with van der Waals surface area (Å²) in [5, 5.41) is 9.27. The number of aromatic hydroxyl groups is 1. The zero-order chi connectivity index (χ0) is 9.10. The van der Waals surface area contributed by atoms with Crippen LogP contribution in [-0.2, 0) is 4.74 Å². The minimum absolute atomic E-state index is 0.108. The summed E-state index contributed by atoms with van der Waals surface area (Å²) in [7, 11) is 0. The average molecular weight is 176 g/mol. The van der Waals surface area contributed by atoms with Crippen molar-refractivity contribution in [1.82, 2.24) is 0 Å². The minimum Gasteiger partial charge on any atom is -0.508 e. The van der Waals surface area contributed by atoms with Crippen LogP contribution in [0.4, 0.5) is 0 Å². The summed E-state index contributed by atoms with van der Waals surface area (Å²) in [6, 6.07) is 7.24. The molecule has 1 N–H and O–H groups in total. The van der Waals surface area contributed by atoms with Gasteiger partial charge in [-0.15, -0.1) is 0 Å². The van der Waals surface area contributed by atoms with Crippen molar-refractivity contribution in [3.63, 3.8) is 0 Å². The third-order valence-corrected chi connectivity index (χ3v) is 2.18. The molecule has 0 amide bonds. The molecule has 1 aromatic carbocycles. The SMILES string of the molecule is Oc1cccc(C2CCC=CO2)c1. The van der Waals surface area contributed by atoms with Crippen LogP contribution in [0.15, 0.2) is 36.6 Å². The van der Waals surface area contributed by atoms with Crippen LogP contribution in [-0.4, -0.2) is 5.11 Å². The largest absolute Gasteiger partial charge is 0.508 e. The third kappa shape index (κ3) is 1.83. The lowest BCUT2D eigenvalue weighted by Crippen LogP contribution is -2.03. The van der Waals surface area contributed by atoms with Gasteiger partial charge in [0.05, 0.1) is 6.26 Å². The second-order valence-corrected chi connectivity index (χ2v) is 3.17. The quantitative estimate of drug-likeness (QED) is 0.712. The summed E-state index contributed by atoms with van der Waals surface area (Å²) in [5.74, 6) is 0.302. The number of phenolic OH excluding ortho intramolecular Hbond substituents is 1. The Balaban J connectivity index is 2.20. The average Bonchev–Trinajstić information content (AvgIpc) is 2.19. The molecule has 0 aromatic heterocycles. The zero-order valence-electron chi connectivity index (χ0n) is 7.31. The predicted molar refractivity (Wildman–Crippen MR) is 50.3 cm³/mol. The molecule has 0 fully saturated rings. The van der Waals surface area contributed by atoms with Gasteiger partial charge in [0.1, 0.15) is 11.9 Å². The van der Waals surface area contributed by atoms with Gasteiger partial charge in [0.2, 0.25) is 0 Å². The van der Waals surface area contributed by atoms with Crippen LogP contribution in [0, 0.1) is 0 Å². The van der Waals surface area contributed by atoms with Gasteiger partial charge < -0.3 is 9.84 Å². The fraction of sp³-hybridized carbons (Fsp3) is 0.273. The van der Waals surface area contributed by atoms with Crippen LogP contribution < -0.4 is 0 Å². The Morgan fingerprint density at radius 3 is 3.00 bits per heavy atom. The summed E-state index contributed by atoms with van der Waals surface area (Å²) in [5.41, 5.74) is 1.05. The molecule has 0 spiro atoms. The highest BCUT2D eigenvalue weighted by Crippen LogP contribution is 2.28. The molecule has 0 aliphatic carbocycles. The first kappa shape index (κ1) is 8.17. The summed E-state index contributed by atoms with van der Waals surface area (Å²) < 4.78 is 5.43. The van der Waals surface area contributed by atoms with E-state index in [0.29, 0.717) is 5.75 Å². The van der Waals surface area contributed by atoms with Crippen molar-refractivity contribution >= 4 is 0 Å². The maximum atomic E-state index is 9.27. The van der Waals surface area contributed by atoms with E-state index in [0.717, 1.165) is 18.4 Å². The molecule has 1 aliphatic rings. The van der Waals surface area contributed by atoms with Crippen molar-refractivity contribution in [3.05, 3.63) is 42.2 Å². The Labute approximate surface area is 77.5 Å². The predicted octanol–water partition coefficient (Wildman–Crippen LogP) is 2.76. The number of hydrogen-bond acceptors (Lipinski definition) is 2. The van der Waals surface area contributed by atoms with Gasteiger partial charge in [-0.3, -0.25) is 0 Å². The van der Waals surface area contributed by atoms with E-state index in [9.17, 15) is 5.11 Å². The van der Waals surface area contributed by atoms with Gasteiger partial charge in [-0.05, 0) is 36.6 Å². The summed E-state index contributed by atoms with van der Waals surface area (Å²) in [6.45, 7) is 0. The van der Waals surface area contributed by atoms with E-state index in [2.05, 4.69) is 0 Å². The zero-order valence-corrected chi connectivity index (χ0v) is 7.31. The molecule has 1 aliphatic heterocycles. The van der Waals surface area contributed by atoms with E-state index >= 15 is 0 Å². The van der Waals surface area contributed by atoms with Gasteiger partial charge in [-0.25, -0.2) is 0 Å². The molecule has 0 bridgehead atoms. The van der Waals surface area contributed by atoms with E-state index in [1.54, 1.807) is 18.4 Å². The molecule has 1 heterocycles. The lowest BCUT2D eigenvalue weighted by atomic mass is 10.0. The molecule has 0 radical (unpaired) electrons. The number of hydrogen-bond donors (Lipinski definition) is 1. The van der Waals surface area contributed by atoms with E-state index in [1.807, 2.05) is 18.2 Å². The smallest absolute Gasteiger partial charge is 0.123 e. The summed E-state index contributed by atoms with van der Waals surface area (Å²) in [4.78, 5) is 0. The third-order valence-electron chi connectivity index (χ3n) is 2.18. The molecule has 0 saturated carbocycles. The highest BCUT2D eigenvalue weighted by molar-refractivity contribution is 5.29. The molecule has 1 unspecified atom stereocenters. The Bertz CT molecular complexity index is 318. The molecular formula is C11H12O2. The highest BCUT2D eigenvalue weighted by atomic mass is 16.5. The van der Waals surface area contributed by atoms with E-state index < -0.39 is 0 Å². The Hall–Kier alpha value is -1.44. The van der Waals surface area contributed by atoms with E-state index in [-0.39, 0.29) is 6.10 Å². The lowest BCUT2D eigenvalue weighted by Gasteiger charge is -2.19. The maximum absolute atomic E-state index is 9.27. The number of rotatable bonds is 1. The monoisotopic (exact) mass is 176 g/mol. The number of phenols is 1. The fourth-order valence-electron chi connectivity index (χ4n) is 1.50. The Morgan fingerprint density at radius 2 is 2.31 bits per heavy atom. The van der Waals surface area contributed by atoms with E-state index in [1.165, 1.54) is 0 Å². The van der Waals surface area contributed by atoms with Gasteiger partial charge in [-0.1, -0.05) is 12.1 Å². The molecule has 0 saturated heterocycles. The van der Waals surface area contributed by atoms with Gasteiger partial charge >= 0.3 is 0 Å². The van der Waals surface area contributed by atoms with Crippen molar-refractivity contribution in [2.75, 3.05) is 0 Å². The molecule has 2 nitrogen and oxygen atoms in total. The molecule has 2 rings (SSSR count). The van der Waals surface area contributed by atoms with Crippen molar-refractivity contribution in [1.29, 1.82) is 0 Å². The second kappa shape index (κ2) is 3.52. The van der Waals surface area contributed by atoms with Crippen LogP contribution >= 0.6 is 0 Å². The molecule has 68 valence electrons. The van der Waals surface area contributed by atoms with Crippen LogP contribution in [0.25, 0.3) is 0 Å². The first-order valence-electron chi connectivity index (χ1n) is 4.45. The van der Waals surface area contributed by atoms with Gasteiger partial charge in [0.15, 0.2) is 0 Å². The first-order valence-corrected chi connectivity index (χ1v) is 4.45. The second-order valence-electron chi connectivity index (χ2n) is 3.17. The lowest BCUT2D eigenvalue weighted by molar-refractivity contribution is 0.125. The van der Waals surface area contributed by atoms with Crippen LogP contribution in [0.1, 0.15) is 24.5 Å². The number of benzene rings is 1. The van der Waals surface area contributed by atoms with Crippen LogP contribution in [0.5, 0.6) is 5.75 Å². The highest BCUT2D eigenvalue weighted by Gasteiger charge is 2.13. The Morgan fingerprint density at radius 1 is 1.38 bits per heavy atom. The molecule has 1 atom stereocenters. The van der Waals surface area contributed by atoms with Crippen molar-refractivity contribution < 1.29 is 9.84 Å². The first-order chi connectivity index (χ1) is 6.36. The number of allylic oxidation sites excluding steroid dienone is 1.